The molecule has 0 saturated carbocycles. The van der Waals surface area contributed by atoms with Crippen molar-refractivity contribution in [2.75, 3.05) is 25.9 Å². The van der Waals surface area contributed by atoms with Gasteiger partial charge in [0.05, 0.1) is 17.5 Å². The minimum Gasteiger partial charge on any atom is -0.441 e. The number of nitrogens with zero attached hydrogens (tertiary/aromatic N) is 2. The lowest BCUT2D eigenvalue weighted by Crippen LogP contribution is -2.33. The predicted molar refractivity (Wildman–Crippen MR) is 105 cm³/mol. The molecule has 27 heavy (non-hydrogen) atoms. The first-order valence-corrected chi connectivity index (χ1v) is 10.9. The third-order valence-electron chi connectivity index (χ3n) is 3.99. The number of aromatic nitrogens is 1. The van der Waals surface area contributed by atoms with E-state index in [0.29, 0.717) is 49.1 Å². The molecule has 148 valence electrons. The summed E-state index contributed by atoms with van der Waals surface area (Å²) in [6, 6.07) is 7.31. The molecular weight excluding hydrogens is 390 g/mol. The summed E-state index contributed by atoms with van der Waals surface area (Å²) in [7, 11) is -3.20. The van der Waals surface area contributed by atoms with E-state index in [1.54, 1.807) is 19.2 Å². The van der Waals surface area contributed by atoms with Crippen LogP contribution in [0.5, 0.6) is 0 Å². The van der Waals surface area contributed by atoms with E-state index < -0.39 is 10.0 Å². The van der Waals surface area contributed by atoms with Crippen molar-refractivity contribution >= 4 is 27.5 Å². The second-order valence-corrected chi connectivity index (χ2v) is 8.45. The lowest BCUT2D eigenvalue weighted by Gasteiger charge is -2.17. The number of rotatable bonds is 10. The van der Waals surface area contributed by atoms with Crippen LogP contribution in [0, 0.1) is 0 Å². The number of aryl methyl sites for hydroxylation is 1. The fourth-order valence-electron chi connectivity index (χ4n) is 2.56. The Labute approximate surface area is 164 Å². The van der Waals surface area contributed by atoms with E-state index in [-0.39, 0.29) is 12.3 Å². The molecule has 0 saturated heterocycles. The second kappa shape index (κ2) is 9.87. The minimum atomic E-state index is -3.20. The van der Waals surface area contributed by atoms with E-state index in [9.17, 15) is 13.2 Å². The fraction of sp³-hybridized carbons (Fsp3) is 0.444. The van der Waals surface area contributed by atoms with Crippen LogP contribution in [0.1, 0.15) is 25.7 Å². The summed E-state index contributed by atoms with van der Waals surface area (Å²) in [5.41, 5.74) is 0.758. The van der Waals surface area contributed by atoms with Crippen LogP contribution in [0.15, 0.2) is 34.9 Å². The summed E-state index contributed by atoms with van der Waals surface area (Å²) < 4.78 is 30.0. The number of nitrogens with one attached hydrogen (secondary N) is 1. The molecule has 0 atom stereocenters. The van der Waals surface area contributed by atoms with Crippen molar-refractivity contribution in [2.24, 2.45) is 0 Å². The summed E-state index contributed by atoms with van der Waals surface area (Å²) >= 11 is 6.13. The van der Waals surface area contributed by atoms with Crippen LogP contribution >= 0.6 is 11.6 Å². The van der Waals surface area contributed by atoms with E-state index in [4.69, 9.17) is 16.0 Å². The Balaban J connectivity index is 1.74. The highest BCUT2D eigenvalue weighted by Crippen LogP contribution is 2.28. The maximum absolute atomic E-state index is 11.9. The van der Waals surface area contributed by atoms with Gasteiger partial charge in [-0.25, -0.2) is 17.7 Å². The van der Waals surface area contributed by atoms with Crippen molar-refractivity contribution in [2.45, 2.75) is 26.2 Å². The van der Waals surface area contributed by atoms with Gasteiger partial charge in [0, 0.05) is 38.0 Å². The number of sulfonamides is 1. The minimum absolute atomic E-state index is 0.130. The molecule has 0 aliphatic heterocycles. The molecule has 0 aliphatic rings. The molecule has 0 aliphatic carbocycles. The van der Waals surface area contributed by atoms with Crippen molar-refractivity contribution in [1.82, 2.24) is 14.6 Å². The second-order valence-electron chi connectivity index (χ2n) is 6.06. The standard InChI is InChI=1S/C18H24ClN3O4S/c1-3-22(27(2,24)25)12-6-11-20-17(23)9-10-18-21-13-16(26-18)14-7-4-5-8-15(14)19/h4-5,7-8,13H,3,6,9-12H2,1-2H3,(H,20,23). The van der Waals surface area contributed by atoms with Gasteiger partial charge in [0.25, 0.3) is 0 Å². The molecule has 1 aromatic carbocycles. The van der Waals surface area contributed by atoms with Gasteiger partial charge in [0.15, 0.2) is 11.7 Å². The number of hydrogen-bond acceptors (Lipinski definition) is 5. The molecule has 9 heteroatoms. The number of halogens is 1. The molecule has 1 aromatic heterocycles. The smallest absolute Gasteiger partial charge is 0.220 e. The highest BCUT2D eigenvalue weighted by atomic mass is 35.5. The SMILES string of the molecule is CCN(CCCNC(=O)CCc1ncc(-c2ccccc2Cl)o1)S(C)(=O)=O. The van der Waals surface area contributed by atoms with Gasteiger partial charge >= 0.3 is 0 Å². The monoisotopic (exact) mass is 413 g/mol. The van der Waals surface area contributed by atoms with Gasteiger partial charge in [-0.05, 0) is 18.6 Å². The highest BCUT2D eigenvalue weighted by molar-refractivity contribution is 7.88. The van der Waals surface area contributed by atoms with E-state index in [2.05, 4.69) is 10.3 Å². The maximum Gasteiger partial charge on any atom is 0.220 e. The van der Waals surface area contributed by atoms with Crippen LogP contribution in [0.4, 0.5) is 0 Å². The van der Waals surface area contributed by atoms with Crippen LogP contribution < -0.4 is 5.32 Å². The third kappa shape index (κ3) is 6.64. The molecule has 2 rings (SSSR count). The van der Waals surface area contributed by atoms with Gasteiger partial charge in [-0.1, -0.05) is 30.7 Å². The third-order valence-corrected chi connectivity index (χ3v) is 5.70. The predicted octanol–water partition coefficient (Wildman–Crippen LogP) is 2.72. The molecule has 0 fully saturated rings. The Morgan fingerprint density at radius 1 is 1.33 bits per heavy atom. The molecule has 0 spiro atoms. The Morgan fingerprint density at radius 2 is 2.07 bits per heavy atom. The lowest BCUT2D eigenvalue weighted by molar-refractivity contribution is -0.121. The maximum atomic E-state index is 11.9. The number of carbonyl (C=O) groups is 1. The van der Waals surface area contributed by atoms with Crippen LogP contribution in [-0.2, 0) is 21.2 Å². The molecular formula is C18H24ClN3O4S. The molecule has 1 amide bonds. The summed E-state index contributed by atoms with van der Waals surface area (Å²) in [5, 5.41) is 3.36. The zero-order valence-corrected chi connectivity index (χ0v) is 17.0. The number of carbonyl (C=O) groups excluding carboxylic acids is 1. The van der Waals surface area contributed by atoms with E-state index >= 15 is 0 Å². The van der Waals surface area contributed by atoms with Gasteiger partial charge in [-0.2, -0.15) is 0 Å². The fourth-order valence-corrected chi connectivity index (χ4v) is 3.72. The number of oxazole rings is 1. The number of benzene rings is 1. The number of amides is 1. The van der Waals surface area contributed by atoms with E-state index in [0.717, 1.165) is 5.56 Å². The average molecular weight is 414 g/mol. The largest absolute Gasteiger partial charge is 0.441 e. The molecule has 0 bridgehead atoms. The van der Waals surface area contributed by atoms with Gasteiger partial charge in [-0.3, -0.25) is 4.79 Å². The van der Waals surface area contributed by atoms with Gasteiger partial charge in [0.1, 0.15) is 0 Å². The molecule has 0 unspecified atom stereocenters. The Bertz CT molecular complexity index is 867. The van der Waals surface area contributed by atoms with Crippen molar-refractivity contribution in [3.8, 4) is 11.3 Å². The lowest BCUT2D eigenvalue weighted by atomic mass is 10.2. The first-order valence-electron chi connectivity index (χ1n) is 8.72. The van der Waals surface area contributed by atoms with E-state index in [1.807, 2.05) is 18.2 Å². The van der Waals surface area contributed by atoms with Gasteiger partial charge in [-0.15, -0.1) is 0 Å². The van der Waals surface area contributed by atoms with Crippen molar-refractivity contribution in [1.29, 1.82) is 0 Å². The van der Waals surface area contributed by atoms with Crippen molar-refractivity contribution in [3.05, 3.63) is 41.4 Å². The molecule has 7 nitrogen and oxygen atoms in total. The summed E-state index contributed by atoms with van der Waals surface area (Å²) in [6.45, 7) is 3.01. The van der Waals surface area contributed by atoms with Crippen LogP contribution in [-0.4, -0.2) is 49.5 Å². The quantitative estimate of drug-likeness (QED) is 0.604. The first kappa shape index (κ1) is 21.4. The van der Waals surface area contributed by atoms with Crippen molar-refractivity contribution in [3.63, 3.8) is 0 Å². The molecule has 1 heterocycles. The molecule has 1 N–H and O–H groups in total. The zero-order chi connectivity index (χ0) is 19.9. The summed E-state index contributed by atoms with van der Waals surface area (Å²) in [4.78, 5) is 16.1. The Morgan fingerprint density at radius 3 is 2.74 bits per heavy atom. The molecule has 0 radical (unpaired) electrons. The van der Waals surface area contributed by atoms with Crippen molar-refractivity contribution < 1.29 is 17.6 Å². The summed E-state index contributed by atoms with van der Waals surface area (Å²) in [5.74, 6) is 0.903. The first-order chi connectivity index (χ1) is 12.8. The highest BCUT2D eigenvalue weighted by Gasteiger charge is 2.14. The zero-order valence-electron chi connectivity index (χ0n) is 15.4. The normalized spacial score (nSPS) is 11.7. The Hall–Kier alpha value is -1.90. The van der Waals surface area contributed by atoms with E-state index in [1.165, 1.54) is 10.6 Å². The topological polar surface area (TPSA) is 92.5 Å². The number of hydrogen-bond donors (Lipinski definition) is 1. The van der Waals surface area contributed by atoms with Crippen LogP contribution in [0.3, 0.4) is 0 Å². The van der Waals surface area contributed by atoms with Crippen LogP contribution in [0.25, 0.3) is 11.3 Å². The molecule has 2 aromatic rings. The Kier molecular flexibility index (Phi) is 7.82. The summed E-state index contributed by atoms with van der Waals surface area (Å²) in [6.07, 6.45) is 3.95. The van der Waals surface area contributed by atoms with Gasteiger partial charge < -0.3 is 9.73 Å². The average Bonchev–Trinajstić information content (AvgIpc) is 3.08. The van der Waals surface area contributed by atoms with Gasteiger partial charge in [0.2, 0.25) is 15.9 Å². The van der Waals surface area contributed by atoms with Crippen LogP contribution in [0.2, 0.25) is 5.02 Å².